The van der Waals surface area contributed by atoms with E-state index in [1.54, 1.807) is 36.2 Å². The number of ether oxygens (including phenoxy) is 2. The largest absolute Gasteiger partial charge is 0.494 e. The number of hydrogen-bond acceptors (Lipinski definition) is 4. The average molecular weight is 368 g/mol. The summed E-state index contributed by atoms with van der Waals surface area (Å²) in [6.45, 7) is 3.32. The molecule has 136 valence electrons. The highest BCUT2D eigenvalue weighted by Gasteiger charge is 2.13. The fourth-order valence-corrected chi connectivity index (χ4v) is 2.64. The van der Waals surface area contributed by atoms with E-state index < -0.39 is 6.10 Å². The van der Waals surface area contributed by atoms with E-state index in [1.807, 2.05) is 19.1 Å². The van der Waals surface area contributed by atoms with Gasteiger partial charge in [0.1, 0.15) is 30.0 Å². The van der Waals surface area contributed by atoms with Gasteiger partial charge in [-0.1, -0.05) is 17.7 Å². The summed E-state index contributed by atoms with van der Waals surface area (Å²) in [5.74, 6) is 1.08. The molecule has 2 rings (SSSR count). The van der Waals surface area contributed by atoms with Crippen LogP contribution in [0.15, 0.2) is 42.5 Å². The second-order valence-corrected chi connectivity index (χ2v) is 6.17. The monoisotopic (exact) mass is 367 g/mol. The van der Waals surface area contributed by atoms with Crippen LogP contribution < -0.4 is 9.47 Å². The Morgan fingerprint density at radius 2 is 1.76 bits per heavy atom. The van der Waals surface area contributed by atoms with Gasteiger partial charge >= 0.3 is 0 Å². The van der Waals surface area contributed by atoms with Crippen molar-refractivity contribution in [3.05, 3.63) is 58.9 Å². The first-order valence-electron chi connectivity index (χ1n) is 8.14. The molecule has 0 spiro atoms. The van der Waals surface area contributed by atoms with Gasteiger partial charge in [-0.15, -0.1) is 0 Å². The standard InChI is InChI=1S/C19H23ClFNO3/c1-3-24-15-7-9-16(10-8-15)25-13-14(23)11-22(2)12-17-18(20)5-4-6-19(17)21/h4-10,14,23H,3,11-13H2,1-2H3. The van der Waals surface area contributed by atoms with Gasteiger partial charge in [0.05, 0.1) is 6.61 Å². The second-order valence-electron chi connectivity index (χ2n) is 5.77. The normalized spacial score (nSPS) is 12.2. The third-order valence-electron chi connectivity index (χ3n) is 3.59. The first-order chi connectivity index (χ1) is 12.0. The van der Waals surface area contributed by atoms with Gasteiger partial charge in [-0.25, -0.2) is 4.39 Å². The summed E-state index contributed by atoms with van der Waals surface area (Å²) < 4.78 is 24.7. The third-order valence-corrected chi connectivity index (χ3v) is 3.94. The Bertz CT molecular complexity index is 646. The minimum absolute atomic E-state index is 0.142. The van der Waals surface area contributed by atoms with E-state index in [0.29, 0.717) is 36.0 Å². The SMILES string of the molecule is CCOc1ccc(OCC(O)CN(C)Cc2c(F)cccc2Cl)cc1. The zero-order valence-electron chi connectivity index (χ0n) is 14.4. The topological polar surface area (TPSA) is 41.9 Å². The van der Waals surface area contributed by atoms with Gasteiger partial charge in [0, 0.05) is 23.7 Å². The second kappa shape index (κ2) is 9.61. The van der Waals surface area contributed by atoms with E-state index in [4.69, 9.17) is 21.1 Å². The van der Waals surface area contributed by atoms with Crippen LogP contribution in [0.1, 0.15) is 12.5 Å². The molecule has 4 nitrogen and oxygen atoms in total. The van der Waals surface area contributed by atoms with Crippen LogP contribution in [0, 0.1) is 5.82 Å². The molecule has 0 radical (unpaired) electrons. The molecule has 0 aliphatic heterocycles. The summed E-state index contributed by atoms with van der Waals surface area (Å²) in [6.07, 6.45) is -0.706. The van der Waals surface area contributed by atoms with Crippen molar-refractivity contribution in [2.45, 2.75) is 19.6 Å². The molecule has 0 bridgehead atoms. The van der Waals surface area contributed by atoms with E-state index in [1.165, 1.54) is 6.07 Å². The van der Waals surface area contributed by atoms with Gasteiger partial charge < -0.3 is 14.6 Å². The van der Waals surface area contributed by atoms with E-state index in [9.17, 15) is 9.50 Å². The first-order valence-corrected chi connectivity index (χ1v) is 8.52. The van der Waals surface area contributed by atoms with Crippen LogP contribution in [0.5, 0.6) is 11.5 Å². The average Bonchev–Trinajstić information content (AvgIpc) is 2.58. The van der Waals surface area contributed by atoms with Gasteiger partial charge in [-0.2, -0.15) is 0 Å². The van der Waals surface area contributed by atoms with Crippen molar-refractivity contribution in [2.75, 3.05) is 26.8 Å². The molecule has 0 fully saturated rings. The summed E-state index contributed by atoms with van der Waals surface area (Å²) in [7, 11) is 1.79. The maximum Gasteiger partial charge on any atom is 0.129 e. The Morgan fingerprint density at radius 1 is 1.12 bits per heavy atom. The number of rotatable bonds is 9. The van der Waals surface area contributed by atoms with E-state index >= 15 is 0 Å². The third kappa shape index (κ3) is 6.20. The van der Waals surface area contributed by atoms with Crippen molar-refractivity contribution in [3.63, 3.8) is 0 Å². The van der Waals surface area contributed by atoms with Gasteiger partial charge in [-0.05, 0) is 50.4 Å². The van der Waals surface area contributed by atoms with Crippen LogP contribution in [0.2, 0.25) is 5.02 Å². The van der Waals surface area contributed by atoms with E-state index in [2.05, 4.69) is 0 Å². The zero-order valence-corrected chi connectivity index (χ0v) is 15.2. The van der Waals surface area contributed by atoms with Crippen molar-refractivity contribution in [2.24, 2.45) is 0 Å². The quantitative estimate of drug-likeness (QED) is 0.733. The number of halogens is 2. The summed E-state index contributed by atoms with van der Waals surface area (Å²) in [4.78, 5) is 1.80. The Balaban J connectivity index is 1.80. The molecule has 0 saturated heterocycles. The maximum atomic E-state index is 13.8. The summed E-state index contributed by atoms with van der Waals surface area (Å²) >= 11 is 6.02. The molecule has 0 aromatic heterocycles. The minimum Gasteiger partial charge on any atom is -0.494 e. The van der Waals surface area contributed by atoms with Crippen molar-refractivity contribution in [1.29, 1.82) is 0 Å². The molecule has 0 amide bonds. The highest BCUT2D eigenvalue weighted by molar-refractivity contribution is 6.31. The van der Waals surface area contributed by atoms with Crippen LogP contribution in [0.4, 0.5) is 4.39 Å². The van der Waals surface area contributed by atoms with Crippen molar-refractivity contribution in [1.82, 2.24) is 4.90 Å². The van der Waals surface area contributed by atoms with E-state index in [-0.39, 0.29) is 12.4 Å². The van der Waals surface area contributed by atoms with Gasteiger partial charge in [0.2, 0.25) is 0 Å². The lowest BCUT2D eigenvalue weighted by molar-refractivity contribution is 0.0741. The van der Waals surface area contributed by atoms with Gasteiger partial charge in [0.25, 0.3) is 0 Å². The van der Waals surface area contributed by atoms with E-state index in [0.717, 1.165) is 5.75 Å². The Hall–Kier alpha value is -1.82. The number of likely N-dealkylation sites (N-methyl/N-ethyl adjacent to an activating group) is 1. The number of benzene rings is 2. The molecule has 0 heterocycles. The molecular formula is C19H23ClFNO3. The van der Waals surface area contributed by atoms with Crippen LogP contribution in [-0.4, -0.2) is 42.9 Å². The molecule has 25 heavy (non-hydrogen) atoms. The smallest absolute Gasteiger partial charge is 0.129 e. The molecule has 0 aliphatic carbocycles. The Morgan fingerprint density at radius 3 is 2.36 bits per heavy atom. The van der Waals surface area contributed by atoms with Crippen LogP contribution in [0.25, 0.3) is 0 Å². The molecule has 6 heteroatoms. The van der Waals surface area contributed by atoms with Crippen LogP contribution in [-0.2, 0) is 6.54 Å². The van der Waals surface area contributed by atoms with Crippen molar-refractivity contribution in [3.8, 4) is 11.5 Å². The van der Waals surface area contributed by atoms with Gasteiger partial charge in [0.15, 0.2) is 0 Å². The maximum absolute atomic E-state index is 13.8. The van der Waals surface area contributed by atoms with Gasteiger partial charge in [-0.3, -0.25) is 4.90 Å². The predicted octanol–water partition coefficient (Wildman–Crippen LogP) is 3.75. The van der Waals surface area contributed by atoms with Crippen LogP contribution in [0.3, 0.4) is 0 Å². The van der Waals surface area contributed by atoms with Crippen molar-refractivity contribution < 1.29 is 19.0 Å². The summed E-state index contributed by atoms with van der Waals surface area (Å²) in [6, 6.07) is 11.8. The molecule has 0 saturated carbocycles. The lowest BCUT2D eigenvalue weighted by Crippen LogP contribution is -2.33. The highest BCUT2D eigenvalue weighted by Crippen LogP contribution is 2.21. The number of nitrogens with zero attached hydrogens (tertiary/aromatic N) is 1. The molecule has 0 aliphatic rings. The van der Waals surface area contributed by atoms with Crippen molar-refractivity contribution >= 4 is 11.6 Å². The predicted molar refractivity (Wildman–Crippen MR) is 96.9 cm³/mol. The summed E-state index contributed by atoms with van der Waals surface area (Å²) in [5, 5.41) is 10.5. The fraction of sp³-hybridized carbons (Fsp3) is 0.368. The molecule has 1 atom stereocenters. The summed E-state index contributed by atoms with van der Waals surface area (Å²) in [5.41, 5.74) is 0.422. The molecule has 1 N–H and O–H groups in total. The molecule has 2 aromatic carbocycles. The zero-order chi connectivity index (χ0) is 18.2. The number of aliphatic hydroxyl groups is 1. The fourth-order valence-electron chi connectivity index (χ4n) is 2.42. The Labute approximate surface area is 152 Å². The molecular weight excluding hydrogens is 345 g/mol. The lowest BCUT2D eigenvalue weighted by Gasteiger charge is -2.21. The Kier molecular flexibility index (Phi) is 7.50. The minimum atomic E-state index is -0.706. The highest BCUT2D eigenvalue weighted by atomic mass is 35.5. The van der Waals surface area contributed by atoms with Crippen LogP contribution >= 0.6 is 11.6 Å². The first kappa shape index (κ1) is 19.5. The number of hydrogen-bond donors (Lipinski definition) is 1. The lowest BCUT2D eigenvalue weighted by atomic mass is 10.2. The molecule has 1 unspecified atom stereocenters. The molecule has 2 aromatic rings. The number of aliphatic hydroxyl groups excluding tert-OH is 1.